The van der Waals surface area contributed by atoms with E-state index in [-0.39, 0.29) is 6.54 Å². The fourth-order valence-electron chi connectivity index (χ4n) is 1.38. The predicted molar refractivity (Wildman–Crippen MR) is 63.5 cm³/mol. The minimum absolute atomic E-state index is 0.0167. The van der Waals surface area contributed by atoms with E-state index in [9.17, 15) is 4.79 Å². The maximum absolute atomic E-state index is 10.7. The summed E-state index contributed by atoms with van der Waals surface area (Å²) in [5.74, 6) is 0.542. The van der Waals surface area contributed by atoms with Gasteiger partial charge >= 0.3 is 0 Å². The first-order chi connectivity index (χ1) is 8.20. The van der Waals surface area contributed by atoms with E-state index in [1.807, 2.05) is 6.92 Å². The number of carbonyl (C=O) groups is 1. The van der Waals surface area contributed by atoms with Crippen molar-refractivity contribution in [3.63, 3.8) is 0 Å². The zero-order valence-electron chi connectivity index (χ0n) is 9.32. The van der Waals surface area contributed by atoms with Gasteiger partial charge in [0.25, 0.3) is 0 Å². The van der Waals surface area contributed by atoms with E-state index in [0.717, 1.165) is 0 Å². The van der Waals surface area contributed by atoms with Gasteiger partial charge in [0.05, 0.1) is 18.1 Å². The van der Waals surface area contributed by atoms with Gasteiger partial charge in [-0.1, -0.05) is 0 Å². The SMILES string of the molecule is CCNc1nc(NCC(N)=O)c2cn[nH]c2n1. The molecule has 2 rings (SSSR count). The summed E-state index contributed by atoms with van der Waals surface area (Å²) in [6.45, 7) is 2.66. The van der Waals surface area contributed by atoms with Gasteiger partial charge in [-0.2, -0.15) is 15.1 Å². The van der Waals surface area contributed by atoms with E-state index in [0.29, 0.717) is 29.3 Å². The molecule has 0 aliphatic carbocycles. The Balaban J connectivity index is 2.36. The van der Waals surface area contributed by atoms with Gasteiger partial charge in [-0.05, 0) is 6.92 Å². The van der Waals surface area contributed by atoms with E-state index in [2.05, 4.69) is 30.8 Å². The lowest BCUT2D eigenvalue weighted by molar-refractivity contribution is -0.116. The summed E-state index contributed by atoms with van der Waals surface area (Å²) >= 11 is 0. The van der Waals surface area contributed by atoms with Gasteiger partial charge in [0.15, 0.2) is 5.65 Å². The molecule has 0 fully saturated rings. The number of rotatable bonds is 5. The molecule has 8 nitrogen and oxygen atoms in total. The number of carbonyl (C=O) groups excluding carboxylic acids is 1. The van der Waals surface area contributed by atoms with Crippen LogP contribution in [0.2, 0.25) is 0 Å². The lowest BCUT2D eigenvalue weighted by Crippen LogP contribution is -2.22. The second-order valence-electron chi connectivity index (χ2n) is 3.38. The lowest BCUT2D eigenvalue weighted by Gasteiger charge is -2.07. The highest BCUT2D eigenvalue weighted by atomic mass is 16.1. The smallest absolute Gasteiger partial charge is 0.236 e. The summed E-state index contributed by atoms with van der Waals surface area (Å²) in [4.78, 5) is 19.2. The molecule has 5 N–H and O–H groups in total. The maximum atomic E-state index is 10.7. The number of amides is 1. The van der Waals surface area contributed by atoms with Crippen molar-refractivity contribution in [2.75, 3.05) is 23.7 Å². The highest BCUT2D eigenvalue weighted by Gasteiger charge is 2.09. The quantitative estimate of drug-likeness (QED) is 0.563. The molecule has 0 saturated heterocycles. The summed E-state index contributed by atoms with van der Waals surface area (Å²) in [5.41, 5.74) is 5.67. The van der Waals surface area contributed by atoms with Crippen molar-refractivity contribution >= 4 is 28.7 Å². The Bertz CT molecular complexity index is 535. The Morgan fingerprint density at radius 1 is 1.47 bits per heavy atom. The Labute approximate surface area is 97.0 Å². The molecule has 0 unspecified atom stereocenters. The first kappa shape index (κ1) is 11.1. The van der Waals surface area contributed by atoms with Gasteiger partial charge < -0.3 is 16.4 Å². The number of hydrogen-bond donors (Lipinski definition) is 4. The molecule has 0 aliphatic heterocycles. The van der Waals surface area contributed by atoms with Crippen molar-refractivity contribution in [1.82, 2.24) is 20.2 Å². The minimum atomic E-state index is -0.453. The molecular formula is C9H13N7O. The van der Waals surface area contributed by atoms with Crippen LogP contribution in [0, 0.1) is 0 Å². The standard InChI is InChI=1S/C9H13N7O/c1-2-11-9-14-7(12-4-6(10)17)5-3-13-16-8(5)15-9/h3H,2,4H2,1H3,(H2,10,17)(H3,11,12,13,14,15,16). The second kappa shape index (κ2) is 4.64. The summed E-state index contributed by atoms with van der Waals surface area (Å²) < 4.78 is 0. The molecule has 2 heterocycles. The van der Waals surface area contributed by atoms with Gasteiger partial charge in [0.2, 0.25) is 11.9 Å². The van der Waals surface area contributed by atoms with Crippen LogP contribution < -0.4 is 16.4 Å². The molecule has 17 heavy (non-hydrogen) atoms. The Morgan fingerprint density at radius 3 is 3.00 bits per heavy atom. The van der Waals surface area contributed by atoms with Crippen LogP contribution in [0.1, 0.15) is 6.92 Å². The van der Waals surface area contributed by atoms with Crippen LogP contribution >= 0.6 is 0 Å². The number of nitrogens with two attached hydrogens (primary N) is 1. The van der Waals surface area contributed by atoms with Crippen LogP contribution in [0.4, 0.5) is 11.8 Å². The van der Waals surface area contributed by atoms with Crippen molar-refractivity contribution < 1.29 is 4.79 Å². The third-order valence-corrected chi connectivity index (χ3v) is 2.07. The highest BCUT2D eigenvalue weighted by Crippen LogP contribution is 2.19. The summed E-state index contributed by atoms with van der Waals surface area (Å²) in [6.07, 6.45) is 1.59. The van der Waals surface area contributed by atoms with Crippen molar-refractivity contribution in [1.29, 1.82) is 0 Å². The van der Waals surface area contributed by atoms with Crippen LogP contribution in [0.15, 0.2) is 6.20 Å². The molecule has 2 aromatic heterocycles. The number of primary amides is 1. The number of hydrogen-bond acceptors (Lipinski definition) is 6. The fourth-order valence-corrected chi connectivity index (χ4v) is 1.38. The summed E-state index contributed by atoms with van der Waals surface area (Å²) in [6, 6.07) is 0. The van der Waals surface area contributed by atoms with Crippen molar-refractivity contribution in [2.45, 2.75) is 6.92 Å². The largest absolute Gasteiger partial charge is 0.368 e. The molecule has 0 bridgehead atoms. The lowest BCUT2D eigenvalue weighted by atomic mass is 10.4. The molecule has 0 saturated carbocycles. The van der Waals surface area contributed by atoms with E-state index in [1.165, 1.54) is 0 Å². The Hall–Kier alpha value is -2.38. The molecule has 0 aliphatic rings. The molecule has 0 spiro atoms. The average molecular weight is 235 g/mol. The molecule has 0 aromatic carbocycles. The van der Waals surface area contributed by atoms with E-state index in [4.69, 9.17) is 5.73 Å². The molecule has 2 aromatic rings. The average Bonchev–Trinajstić information content (AvgIpc) is 2.74. The summed E-state index contributed by atoms with van der Waals surface area (Å²) in [7, 11) is 0. The third kappa shape index (κ3) is 2.41. The normalized spacial score (nSPS) is 10.4. The molecular weight excluding hydrogens is 222 g/mol. The number of aromatic nitrogens is 4. The zero-order valence-corrected chi connectivity index (χ0v) is 9.32. The van der Waals surface area contributed by atoms with Crippen LogP contribution in [0.3, 0.4) is 0 Å². The van der Waals surface area contributed by atoms with E-state index in [1.54, 1.807) is 6.20 Å². The number of aromatic amines is 1. The highest BCUT2D eigenvalue weighted by molar-refractivity contribution is 5.89. The van der Waals surface area contributed by atoms with Gasteiger partial charge in [-0.3, -0.25) is 9.89 Å². The minimum Gasteiger partial charge on any atom is -0.368 e. The molecule has 0 radical (unpaired) electrons. The number of fused-ring (bicyclic) bond motifs is 1. The van der Waals surface area contributed by atoms with Gasteiger partial charge in [0, 0.05) is 6.54 Å². The van der Waals surface area contributed by atoms with Crippen molar-refractivity contribution in [3.8, 4) is 0 Å². The number of anilines is 2. The monoisotopic (exact) mass is 235 g/mol. The molecule has 8 heteroatoms. The Morgan fingerprint density at radius 2 is 2.29 bits per heavy atom. The van der Waals surface area contributed by atoms with Gasteiger partial charge in [0.1, 0.15) is 5.82 Å². The van der Waals surface area contributed by atoms with E-state index >= 15 is 0 Å². The first-order valence-electron chi connectivity index (χ1n) is 5.18. The third-order valence-electron chi connectivity index (χ3n) is 2.07. The number of nitrogens with one attached hydrogen (secondary N) is 3. The molecule has 1 amide bonds. The maximum Gasteiger partial charge on any atom is 0.236 e. The second-order valence-corrected chi connectivity index (χ2v) is 3.38. The van der Waals surface area contributed by atoms with Crippen LogP contribution in [0.25, 0.3) is 11.0 Å². The zero-order chi connectivity index (χ0) is 12.3. The summed E-state index contributed by atoms with van der Waals surface area (Å²) in [5, 5.41) is 13.2. The number of H-pyrrole nitrogens is 1. The van der Waals surface area contributed by atoms with Crippen molar-refractivity contribution in [3.05, 3.63) is 6.20 Å². The Kier molecular flexibility index (Phi) is 3.03. The van der Waals surface area contributed by atoms with Crippen LogP contribution in [-0.4, -0.2) is 39.2 Å². The van der Waals surface area contributed by atoms with Gasteiger partial charge in [-0.15, -0.1) is 0 Å². The first-order valence-corrected chi connectivity index (χ1v) is 5.18. The van der Waals surface area contributed by atoms with Crippen LogP contribution in [-0.2, 0) is 4.79 Å². The van der Waals surface area contributed by atoms with Crippen molar-refractivity contribution in [2.24, 2.45) is 5.73 Å². The van der Waals surface area contributed by atoms with Crippen LogP contribution in [0.5, 0.6) is 0 Å². The van der Waals surface area contributed by atoms with Gasteiger partial charge in [-0.25, -0.2) is 0 Å². The number of nitrogens with zero attached hydrogens (tertiary/aromatic N) is 3. The predicted octanol–water partition coefficient (Wildman–Crippen LogP) is -0.318. The van der Waals surface area contributed by atoms with E-state index < -0.39 is 5.91 Å². The molecule has 0 atom stereocenters. The topological polar surface area (TPSA) is 122 Å². The fraction of sp³-hybridized carbons (Fsp3) is 0.333. The molecule has 90 valence electrons.